The van der Waals surface area contributed by atoms with Gasteiger partial charge in [-0.3, -0.25) is 9.59 Å². The number of rotatable bonds is 6. The van der Waals surface area contributed by atoms with Crippen molar-refractivity contribution in [1.29, 1.82) is 0 Å². The summed E-state index contributed by atoms with van der Waals surface area (Å²) in [5, 5.41) is 12.2. The molecule has 0 saturated carbocycles. The van der Waals surface area contributed by atoms with E-state index in [0.29, 0.717) is 25.5 Å². The largest absolute Gasteiger partial charge is 0.481 e. The molecule has 6 nitrogen and oxygen atoms in total. The van der Waals surface area contributed by atoms with Crippen molar-refractivity contribution >= 4 is 27.8 Å². The lowest BCUT2D eigenvalue weighted by Gasteiger charge is -2.27. The molecule has 0 radical (unpaired) electrons. The summed E-state index contributed by atoms with van der Waals surface area (Å²) in [5.41, 5.74) is 0.533. The van der Waals surface area contributed by atoms with Gasteiger partial charge in [0.25, 0.3) is 5.91 Å². The van der Waals surface area contributed by atoms with Gasteiger partial charge in [-0.25, -0.2) is 0 Å². The molecule has 2 heterocycles. The third kappa shape index (κ3) is 4.10. The van der Waals surface area contributed by atoms with Crippen molar-refractivity contribution in [2.24, 2.45) is 11.8 Å². The predicted molar refractivity (Wildman–Crippen MR) is 84.8 cm³/mol. The molecular formula is C15H21BrN2O4. The average molecular weight is 373 g/mol. The third-order valence-corrected chi connectivity index (χ3v) is 4.50. The molecule has 7 heteroatoms. The topological polar surface area (TPSA) is 80.6 Å². The van der Waals surface area contributed by atoms with Crippen LogP contribution in [-0.4, -0.2) is 41.3 Å². The average Bonchev–Trinajstić information content (AvgIpc) is 2.89. The quantitative estimate of drug-likeness (QED) is 0.801. The number of halogens is 1. The molecule has 2 N–H and O–H groups in total. The lowest BCUT2D eigenvalue weighted by atomic mass is 9.86. The van der Waals surface area contributed by atoms with Crippen LogP contribution in [0.5, 0.6) is 0 Å². The van der Waals surface area contributed by atoms with Crippen LogP contribution in [-0.2, 0) is 16.1 Å². The summed E-state index contributed by atoms with van der Waals surface area (Å²) in [6.07, 6.45) is 3.29. The number of nitrogens with zero attached hydrogens (tertiary/aromatic N) is 1. The molecule has 0 bridgehead atoms. The summed E-state index contributed by atoms with van der Waals surface area (Å²) in [5.74, 6) is -1.62. The van der Waals surface area contributed by atoms with Crippen molar-refractivity contribution in [3.05, 3.63) is 22.4 Å². The Morgan fingerprint density at radius 3 is 2.77 bits per heavy atom. The number of carbonyl (C=O) groups is 2. The Hall–Kier alpha value is -1.34. The lowest BCUT2D eigenvalue weighted by Crippen LogP contribution is -2.39. The molecule has 122 valence electrons. The summed E-state index contributed by atoms with van der Waals surface area (Å²) in [6, 6.07) is 1.74. The smallest absolute Gasteiger partial charge is 0.308 e. The maximum Gasteiger partial charge on any atom is 0.308 e. The first-order valence-corrected chi connectivity index (χ1v) is 8.26. The summed E-state index contributed by atoms with van der Waals surface area (Å²) in [6.45, 7) is 3.95. The molecule has 1 aliphatic rings. The minimum Gasteiger partial charge on any atom is -0.481 e. The predicted octanol–water partition coefficient (Wildman–Crippen LogP) is 2.13. The monoisotopic (exact) mass is 372 g/mol. The summed E-state index contributed by atoms with van der Waals surface area (Å²) >= 11 is 3.35. The number of aryl methyl sites for hydroxylation is 1. The number of hydrogen-bond donors (Lipinski definition) is 2. The van der Waals surface area contributed by atoms with Crippen LogP contribution in [0.4, 0.5) is 0 Å². The van der Waals surface area contributed by atoms with Crippen LogP contribution in [0, 0.1) is 11.8 Å². The Bertz CT molecular complexity index is 538. The molecule has 1 atom stereocenters. The number of nitrogens with one attached hydrogen (secondary N) is 1. The third-order valence-electron chi connectivity index (χ3n) is 4.07. The summed E-state index contributed by atoms with van der Waals surface area (Å²) in [7, 11) is 0. The van der Waals surface area contributed by atoms with Crippen LogP contribution in [0.1, 0.15) is 30.3 Å². The van der Waals surface area contributed by atoms with E-state index in [9.17, 15) is 14.7 Å². The zero-order chi connectivity index (χ0) is 16.1. The number of hydrogen-bond acceptors (Lipinski definition) is 3. The van der Waals surface area contributed by atoms with Crippen LogP contribution >= 0.6 is 15.9 Å². The molecule has 1 aromatic rings. The van der Waals surface area contributed by atoms with Crippen LogP contribution < -0.4 is 5.32 Å². The van der Waals surface area contributed by atoms with Crippen LogP contribution in [0.2, 0.25) is 0 Å². The molecule has 0 aromatic carbocycles. The Labute approximate surface area is 138 Å². The summed E-state index contributed by atoms with van der Waals surface area (Å²) in [4.78, 5) is 23.7. The Kier molecular flexibility index (Phi) is 6.02. The maximum absolute atomic E-state index is 12.3. The van der Waals surface area contributed by atoms with E-state index in [0.717, 1.165) is 17.3 Å². The maximum atomic E-state index is 12.3. The number of carboxylic acids is 1. The molecule has 1 aliphatic heterocycles. The van der Waals surface area contributed by atoms with E-state index in [1.165, 1.54) is 0 Å². The second-order valence-electron chi connectivity index (χ2n) is 5.43. The molecule has 0 spiro atoms. The van der Waals surface area contributed by atoms with E-state index in [1.54, 1.807) is 6.07 Å². The van der Waals surface area contributed by atoms with Gasteiger partial charge in [0.2, 0.25) is 0 Å². The van der Waals surface area contributed by atoms with Crippen molar-refractivity contribution in [3.8, 4) is 0 Å². The lowest BCUT2D eigenvalue weighted by molar-refractivity contribution is -0.144. The molecule has 1 unspecified atom stereocenters. The van der Waals surface area contributed by atoms with Crippen molar-refractivity contribution in [1.82, 2.24) is 9.88 Å². The SMILES string of the molecule is CCn1cc(Br)cc1C(=O)NCC(C(=O)O)C1CCOCC1. The van der Waals surface area contributed by atoms with Crippen LogP contribution in [0.3, 0.4) is 0 Å². The zero-order valence-electron chi connectivity index (χ0n) is 12.5. The molecule has 1 fully saturated rings. The molecule has 22 heavy (non-hydrogen) atoms. The van der Waals surface area contributed by atoms with E-state index < -0.39 is 11.9 Å². The second kappa shape index (κ2) is 7.78. The van der Waals surface area contributed by atoms with Crippen molar-refractivity contribution in [2.75, 3.05) is 19.8 Å². The fraction of sp³-hybridized carbons (Fsp3) is 0.600. The highest BCUT2D eigenvalue weighted by atomic mass is 79.9. The van der Waals surface area contributed by atoms with Crippen molar-refractivity contribution < 1.29 is 19.4 Å². The minimum absolute atomic E-state index is 0.0521. The minimum atomic E-state index is -0.862. The first kappa shape index (κ1) is 17.0. The van der Waals surface area contributed by atoms with Crippen LogP contribution in [0.25, 0.3) is 0 Å². The fourth-order valence-electron chi connectivity index (χ4n) is 2.79. The summed E-state index contributed by atoms with van der Waals surface area (Å²) < 4.78 is 7.92. The molecule has 2 rings (SSSR count). The van der Waals surface area contributed by atoms with E-state index in [4.69, 9.17) is 4.74 Å². The number of aromatic nitrogens is 1. The van der Waals surface area contributed by atoms with Crippen molar-refractivity contribution in [3.63, 3.8) is 0 Å². The Morgan fingerprint density at radius 1 is 1.50 bits per heavy atom. The van der Waals surface area contributed by atoms with Crippen molar-refractivity contribution in [2.45, 2.75) is 26.3 Å². The second-order valence-corrected chi connectivity index (χ2v) is 6.35. The molecule has 1 amide bonds. The van der Waals surface area contributed by atoms with E-state index >= 15 is 0 Å². The number of carboxylic acid groups (broad SMARTS) is 1. The number of ether oxygens (including phenoxy) is 1. The van der Waals surface area contributed by atoms with Gasteiger partial charge in [0.15, 0.2) is 0 Å². The van der Waals surface area contributed by atoms with Gasteiger partial charge >= 0.3 is 5.97 Å². The molecule has 1 aromatic heterocycles. The van der Waals surface area contributed by atoms with Gasteiger partial charge in [-0.2, -0.15) is 0 Å². The van der Waals surface area contributed by atoms with Gasteiger partial charge in [-0.1, -0.05) is 0 Å². The van der Waals surface area contributed by atoms with Crippen LogP contribution in [0.15, 0.2) is 16.7 Å². The molecule has 0 aliphatic carbocycles. The highest BCUT2D eigenvalue weighted by Crippen LogP contribution is 2.24. The standard InChI is InChI=1S/C15H21BrN2O4/c1-2-18-9-11(16)7-13(18)14(19)17-8-12(15(20)21)10-3-5-22-6-4-10/h7,9-10,12H,2-6,8H2,1H3,(H,17,19)(H,20,21). The number of amides is 1. The highest BCUT2D eigenvalue weighted by molar-refractivity contribution is 9.10. The molecule has 1 saturated heterocycles. The van der Waals surface area contributed by atoms with E-state index in [1.807, 2.05) is 17.7 Å². The van der Waals surface area contributed by atoms with Gasteiger partial charge < -0.3 is 19.7 Å². The zero-order valence-corrected chi connectivity index (χ0v) is 14.1. The van der Waals surface area contributed by atoms with Gasteiger partial charge in [0, 0.05) is 37.0 Å². The fourth-order valence-corrected chi connectivity index (χ4v) is 3.26. The number of carbonyl (C=O) groups excluding carboxylic acids is 1. The first-order chi connectivity index (χ1) is 10.5. The van der Waals surface area contributed by atoms with Gasteiger partial charge in [-0.05, 0) is 47.7 Å². The van der Waals surface area contributed by atoms with Gasteiger partial charge in [0.05, 0.1) is 5.92 Å². The van der Waals surface area contributed by atoms with E-state index in [2.05, 4.69) is 21.2 Å². The highest BCUT2D eigenvalue weighted by Gasteiger charge is 2.30. The Balaban J connectivity index is 1.99. The van der Waals surface area contributed by atoms with Gasteiger partial charge in [0.1, 0.15) is 5.69 Å². The normalized spacial score (nSPS) is 17.2. The first-order valence-electron chi connectivity index (χ1n) is 7.47. The Morgan fingerprint density at radius 2 is 2.18 bits per heavy atom. The van der Waals surface area contributed by atoms with E-state index in [-0.39, 0.29) is 18.4 Å². The molecular weight excluding hydrogens is 352 g/mol. The number of aliphatic carboxylic acids is 1. The van der Waals surface area contributed by atoms with Gasteiger partial charge in [-0.15, -0.1) is 0 Å².